The van der Waals surface area contributed by atoms with E-state index >= 15 is 0 Å². The highest BCUT2D eigenvalue weighted by Crippen LogP contribution is 2.37. The number of nitrogens with one attached hydrogen (secondary N) is 1. The number of benzene rings is 1. The number of aliphatic hydroxyl groups excluding tert-OH is 2. The van der Waals surface area contributed by atoms with Crippen molar-refractivity contribution in [3.05, 3.63) is 41.0 Å². The van der Waals surface area contributed by atoms with Crippen LogP contribution in [0.4, 0.5) is 5.82 Å². The van der Waals surface area contributed by atoms with E-state index in [2.05, 4.69) is 36.1 Å². The first-order valence-electron chi connectivity index (χ1n) is 11.2. The van der Waals surface area contributed by atoms with Gasteiger partial charge in [-0.1, -0.05) is 32.4 Å². The fourth-order valence-electron chi connectivity index (χ4n) is 4.16. The third-order valence-corrected chi connectivity index (χ3v) is 6.22. The zero-order valence-electron chi connectivity index (χ0n) is 19.5. The molecule has 8 nitrogen and oxygen atoms in total. The third kappa shape index (κ3) is 4.94. The second kappa shape index (κ2) is 9.46. The number of nitrogens with zero attached hydrogens (tertiary/aromatic N) is 4. The molecule has 1 unspecified atom stereocenters. The minimum Gasteiger partial charge on any atom is -0.491 e. The molecule has 1 aliphatic rings. The molecule has 4 rings (SSSR count). The second-order valence-electron chi connectivity index (χ2n) is 9.51. The molecule has 0 bridgehead atoms. The fourth-order valence-corrected chi connectivity index (χ4v) is 4.39. The van der Waals surface area contributed by atoms with Crippen LogP contribution in [0.2, 0.25) is 5.02 Å². The van der Waals surface area contributed by atoms with Crippen LogP contribution in [-0.4, -0.2) is 70.8 Å². The number of hydrogen-bond acceptors (Lipinski definition) is 7. The van der Waals surface area contributed by atoms with Crippen molar-refractivity contribution in [3.8, 4) is 17.0 Å². The Hall–Kier alpha value is -2.39. The largest absolute Gasteiger partial charge is 0.491 e. The van der Waals surface area contributed by atoms with E-state index in [9.17, 15) is 10.2 Å². The molecule has 0 amide bonds. The first kappa shape index (κ1) is 23.8. The fraction of sp³-hybridized carbons (Fsp3) is 0.500. The van der Waals surface area contributed by atoms with E-state index in [-0.39, 0.29) is 24.5 Å². The van der Waals surface area contributed by atoms with E-state index in [1.165, 1.54) is 0 Å². The molecule has 0 spiro atoms. The normalized spacial score (nSPS) is 16.3. The molecular weight excluding hydrogens is 442 g/mol. The molecule has 3 N–H and O–H groups in total. The Morgan fingerprint density at radius 1 is 1.24 bits per heavy atom. The van der Waals surface area contributed by atoms with Gasteiger partial charge in [-0.25, -0.2) is 4.98 Å². The van der Waals surface area contributed by atoms with Crippen LogP contribution in [0.5, 0.6) is 5.75 Å². The first-order chi connectivity index (χ1) is 15.7. The number of rotatable bonds is 9. The third-order valence-electron chi connectivity index (χ3n) is 6.00. The van der Waals surface area contributed by atoms with Crippen molar-refractivity contribution in [1.82, 2.24) is 19.9 Å². The molecule has 33 heavy (non-hydrogen) atoms. The van der Waals surface area contributed by atoms with Gasteiger partial charge in [-0.15, -0.1) is 0 Å². The van der Waals surface area contributed by atoms with Gasteiger partial charge >= 0.3 is 0 Å². The van der Waals surface area contributed by atoms with E-state index in [0.717, 1.165) is 41.4 Å². The minimum atomic E-state index is -0.619. The molecule has 1 atom stereocenters. The minimum absolute atomic E-state index is 0.116. The van der Waals surface area contributed by atoms with Gasteiger partial charge in [0.15, 0.2) is 5.65 Å². The second-order valence-corrected chi connectivity index (χ2v) is 9.95. The number of hydrogen-bond donors (Lipinski definition) is 3. The van der Waals surface area contributed by atoms with E-state index < -0.39 is 6.10 Å². The quantitative estimate of drug-likeness (QED) is 0.439. The van der Waals surface area contributed by atoms with Gasteiger partial charge in [-0.05, 0) is 31.2 Å². The number of likely N-dealkylation sites (N-methyl/N-ethyl adjacent to an activating group) is 1. The van der Waals surface area contributed by atoms with Gasteiger partial charge in [0.05, 0.1) is 18.5 Å². The van der Waals surface area contributed by atoms with Crippen LogP contribution in [0, 0.1) is 5.41 Å². The highest BCUT2D eigenvalue weighted by Gasteiger charge is 2.39. The van der Waals surface area contributed by atoms with Crippen LogP contribution in [0.3, 0.4) is 0 Å². The van der Waals surface area contributed by atoms with Crippen LogP contribution in [0.25, 0.3) is 16.9 Å². The average Bonchev–Trinajstić information content (AvgIpc) is 3.19. The Morgan fingerprint density at radius 2 is 2.00 bits per heavy atom. The van der Waals surface area contributed by atoms with Gasteiger partial charge in [0.1, 0.15) is 24.3 Å². The standard InChI is InChI=1S/C24H32ClN5O3/c1-15(2)20-10-27-30-22(29-12-24(3,13-29)14-31)8-21(28-23(20)30)16-5-17(25)7-19(6-16)33-11-18(32)9-26-4/h5-8,10,15,18,26,31-32H,9,11-14H2,1-4H3. The number of anilines is 1. The summed E-state index contributed by atoms with van der Waals surface area (Å²) in [7, 11) is 1.78. The molecule has 3 aromatic rings. The molecule has 0 saturated carbocycles. The van der Waals surface area contributed by atoms with E-state index in [4.69, 9.17) is 21.3 Å². The summed E-state index contributed by atoms with van der Waals surface area (Å²) in [5.41, 5.74) is 3.35. The van der Waals surface area contributed by atoms with Crippen molar-refractivity contribution in [2.24, 2.45) is 5.41 Å². The lowest BCUT2D eigenvalue weighted by Crippen LogP contribution is -2.57. The first-order valence-corrected chi connectivity index (χ1v) is 11.6. The molecule has 1 aliphatic heterocycles. The molecule has 1 aromatic carbocycles. The number of halogens is 1. The van der Waals surface area contributed by atoms with Crippen LogP contribution < -0.4 is 15.0 Å². The summed E-state index contributed by atoms with van der Waals surface area (Å²) in [6, 6.07) is 7.49. The molecule has 178 valence electrons. The number of aromatic nitrogens is 3. The summed E-state index contributed by atoms with van der Waals surface area (Å²) in [5, 5.41) is 27.7. The Balaban J connectivity index is 1.74. The highest BCUT2D eigenvalue weighted by molar-refractivity contribution is 6.31. The Kier molecular flexibility index (Phi) is 6.81. The molecule has 9 heteroatoms. The molecular formula is C24H32ClN5O3. The predicted molar refractivity (Wildman–Crippen MR) is 130 cm³/mol. The summed E-state index contributed by atoms with van der Waals surface area (Å²) in [5.74, 6) is 1.77. The zero-order valence-corrected chi connectivity index (χ0v) is 20.3. The lowest BCUT2D eigenvalue weighted by Gasteiger charge is -2.48. The Morgan fingerprint density at radius 3 is 2.67 bits per heavy atom. The van der Waals surface area contributed by atoms with Gasteiger partial charge in [-0.2, -0.15) is 9.61 Å². The van der Waals surface area contributed by atoms with E-state index in [0.29, 0.717) is 17.3 Å². The number of fused-ring (bicyclic) bond motifs is 1. The van der Waals surface area contributed by atoms with Gasteiger partial charge < -0.3 is 25.2 Å². The van der Waals surface area contributed by atoms with Gasteiger partial charge in [0.25, 0.3) is 0 Å². The maximum atomic E-state index is 9.97. The average molecular weight is 474 g/mol. The zero-order chi connectivity index (χ0) is 23.8. The van der Waals surface area contributed by atoms with Crippen LogP contribution in [-0.2, 0) is 0 Å². The predicted octanol–water partition coefficient (Wildman–Crippen LogP) is 2.95. The molecule has 3 heterocycles. The van der Waals surface area contributed by atoms with Crippen molar-refractivity contribution in [2.45, 2.75) is 32.8 Å². The Labute approximate surface area is 199 Å². The summed E-state index contributed by atoms with van der Waals surface area (Å²) in [4.78, 5) is 7.15. The SMILES string of the molecule is CNCC(O)COc1cc(Cl)cc(-c2cc(N3CC(C)(CO)C3)n3ncc(C(C)C)c3n2)c1. The molecule has 2 aromatic heterocycles. The lowest BCUT2D eigenvalue weighted by molar-refractivity contribution is 0.108. The van der Waals surface area contributed by atoms with Crippen molar-refractivity contribution in [2.75, 3.05) is 44.8 Å². The summed E-state index contributed by atoms with van der Waals surface area (Å²) < 4.78 is 7.67. The summed E-state index contributed by atoms with van der Waals surface area (Å²) in [6.07, 6.45) is 1.26. The highest BCUT2D eigenvalue weighted by atomic mass is 35.5. The monoisotopic (exact) mass is 473 g/mol. The summed E-state index contributed by atoms with van der Waals surface area (Å²) in [6.45, 7) is 8.56. The maximum Gasteiger partial charge on any atom is 0.161 e. The Bertz CT molecular complexity index is 1130. The molecule has 0 radical (unpaired) electrons. The number of ether oxygens (including phenoxy) is 1. The summed E-state index contributed by atoms with van der Waals surface area (Å²) >= 11 is 6.41. The topological polar surface area (TPSA) is 95.1 Å². The van der Waals surface area contributed by atoms with Crippen LogP contribution in [0.1, 0.15) is 32.3 Å². The van der Waals surface area contributed by atoms with Gasteiger partial charge in [0.2, 0.25) is 0 Å². The maximum absolute atomic E-state index is 9.97. The van der Waals surface area contributed by atoms with E-state index in [1.807, 2.05) is 28.9 Å². The van der Waals surface area contributed by atoms with Gasteiger partial charge in [0, 0.05) is 47.3 Å². The van der Waals surface area contributed by atoms with Crippen LogP contribution in [0.15, 0.2) is 30.5 Å². The molecule has 1 saturated heterocycles. The number of aliphatic hydroxyl groups is 2. The van der Waals surface area contributed by atoms with Crippen molar-refractivity contribution < 1.29 is 14.9 Å². The van der Waals surface area contributed by atoms with Gasteiger partial charge in [-0.3, -0.25) is 0 Å². The smallest absolute Gasteiger partial charge is 0.161 e. The molecule has 1 fully saturated rings. The van der Waals surface area contributed by atoms with Crippen molar-refractivity contribution in [1.29, 1.82) is 0 Å². The lowest BCUT2D eigenvalue weighted by atomic mass is 9.83. The van der Waals surface area contributed by atoms with Crippen LogP contribution >= 0.6 is 11.6 Å². The van der Waals surface area contributed by atoms with E-state index in [1.54, 1.807) is 13.1 Å². The van der Waals surface area contributed by atoms with Crippen molar-refractivity contribution >= 4 is 23.1 Å². The van der Waals surface area contributed by atoms with Crippen molar-refractivity contribution in [3.63, 3.8) is 0 Å². The molecule has 0 aliphatic carbocycles.